The van der Waals surface area contributed by atoms with Gasteiger partial charge in [-0.15, -0.1) is 0 Å². The minimum absolute atomic E-state index is 0.252. The monoisotopic (exact) mass is 262 g/mol. The van der Waals surface area contributed by atoms with Gasteiger partial charge in [-0.2, -0.15) is 0 Å². The van der Waals surface area contributed by atoms with Crippen LogP contribution in [0.4, 0.5) is 0 Å². The highest BCUT2D eigenvalue weighted by molar-refractivity contribution is 5.89. The van der Waals surface area contributed by atoms with Crippen molar-refractivity contribution in [3.8, 4) is 0 Å². The number of ether oxygens (including phenoxy) is 1. The second-order valence-corrected chi connectivity index (χ2v) is 5.24. The van der Waals surface area contributed by atoms with E-state index in [1.165, 1.54) is 5.56 Å². The molecule has 3 nitrogen and oxygen atoms in total. The molecule has 1 N–H and O–H groups in total. The normalized spacial score (nSPS) is 23.1. The molecule has 0 heterocycles. The van der Waals surface area contributed by atoms with E-state index in [9.17, 15) is 4.79 Å². The molecule has 0 aliphatic heterocycles. The van der Waals surface area contributed by atoms with Gasteiger partial charge in [0.05, 0.1) is 12.2 Å². The van der Waals surface area contributed by atoms with E-state index in [1.54, 1.807) is 0 Å². The van der Waals surface area contributed by atoms with Gasteiger partial charge in [0.1, 0.15) is 0 Å². The van der Waals surface area contributed by atoms with Crippen molar-refractivity contribution >= 4 is 5.97 Å². The summed E-state index contributed by atoms with van der Waals surface area (Å²) < 4.78 is 4.98. The summed E-state index contributed by atoms with van der Waals surface area (Å²) in [6.07, 6.45) is 4.45. The number of hydrogen-bond acceptors (Lipinski definition) is 3. The molecule has 2 rings (SSSR count). The van der Waals surface area contributed by atoms with Gasteiger partial charge in [-0.1, -0.05) is 12.1 Å². The summed E-state index contributed by atoms with van der Waals surface area (Å²) in [6, 6.07) is 7.78. The summed E-state index contributed by atoms with van der Waals surface area (Å²) >= 11 is 0. The second kappa shape index (κ2) is 6.71. The highest BCUT2D eigenvalue weighted by atomic mass is 16.5. The van der Waals surface area contributed by atoms with Gasteiger partial charge in [-0.05, 0) is 62.1 Å². The zero-order chi connectivity index (χ0) is 13.7. The molecule has 1 aromatic rings. The van der Waals surface area contributed by atoms with Crippen LogP contribution >= 0.6 is 0 Å². The van der Waals surface area contributed by atoms with Crippen molar-refractivity contribution in [1.29, 1.82) is 0 Å². The van der Waals surface area contributed by atoms with E-state index >= 15 is 0 Å². The molecule has 1 aliphatic carbocycles. The van der Waals surface area contributed by atoms with Crippen molar-refractivity contribution in [2.45, 2.75) is 38.5 Å². The van der Waals surface area contributed by atoms with Crippen LogP contribution in [0.2, 0.25) is 0 Å². The number of aliphatic hydroxyl groups is 1. The first-order valence-electron chi connectivity index (χ1n) is 7.12. The molecular formula is C16H22O3. The molecule has 1 saturated carbocycles. The summed E-state index contributed by atoms with van der Waals surface area (Å²) in [7, 11) is 0. The van der Waals surface area contributed by atoms with Crippen LogP contribution < -0.4 is 0 Å². The lowest BCUT2D eigenvalue weighted by Crippen LogP contribution is -2.16. The molecule has 1 aliphatic rings. The van der Waals surface area contributed by atoms with Gasteiger partial charge in [0.15, 0.2) is 0 Å². The number of benzene rings is 1. The van der Waals surface area contributed by atoms with Gasteiger partial charge in [0, 0.05) is 6.61 Å². The van der Waals surface area contributed by atoms with E-state index in [4.69, 9.17) is 9.84 Å². The predicted octanol–water partition coefficient (Wildman–Crippen LogP) is 3.13. The number of rotatable bonds is 4. The van der Waals surface area contributed by atoms with E-state index in [0.29, 0.717) is 30.6 Å². The predicted molar refractivity (Wildman–Crippen MR) is 74.2 cm³/mol. The number of esters is 1. The molecule has 0 spiro atoms. The SMILES string of the molecule is CCOC(=O)c1ccc(C2CCC(CO)CC2)cc1. The maximum atomic E-state index is 11.6. The van der Waals surface area contributed by atoms with E-state index < -0.39 is 0 Å². The first kappa shape index (κ1) is 14.1. The van der Waals surface area contributed by atoms with E-state index in [0.717, 1.165) is 25.7 Å². The molecule has 0 amide bonds. The third-order valence-corrected chi connectivity index (χ3v) is 4.00. The van der Waals surface area contributed by atoms with Crippen molar-refractivity contribution in [3.63, 3.8) is 0 Å². The Morgan fingerprint density at radius 2 is 1.84 bits per heavy atom. The lowest BCUT2D eigenvalue weighted by Gasteiger charge is -2.27. The Morgan fingerprint density at radius 1 is 1.21 bits per heavy atom. The third kappa shape index (κ3) is 3.57. The number of aliphatic hydroxyl groups excluding tert-OH is 1. The van der Waals surface area contributed by atoms with Crippen molar-refractivity contribution in [3.05, 3.63) is 35.4 Å². The van der Waals surface area contributed by atoms with Crippen LogP contribution in [0.3, 0.4) is 0 Å². The lowest BCUT2D eigenvalue weighted by molar-refractivity contribution is 0.0526. The topological polar surface area (TPSA) is 46.5 Å². The number of carbonyl (C=O) groups is 1. The highest BCUT2D eigenvalue weighted by Crippen LogP contribution is 2.35. The van der Waals surface area contributed by atoms with E-state index in [-0.39, 0.29) is 5.97 Å². The standard InChI is InChI=1S/C16H22O3/c1-2-19-16(18)15-9-7-14(8-10-15)13-5-3-12(11-17)4-6-13/h7-10,12-13,17H,2-6,11H2,1H3. The summed E-state index contributed by atoms with van der Waals surface area (Å²) in [4.78, 5) is 11.6. The van der Waals surface area contributed by atoms with Crippen LogP contribution in [0, 0.1) is 5.92 Å². The smallest absolute Gasteiger partial charge is 0.338 e. The van der Waals surface area contributed by atoms with Crippen molar-refractivity contribution in [1.82, 2.24) is 0 Å². The van der Waals surface area contributed by atoms with Crippen LogP contribution in [0.25, 0.3) is 0 Å². The molecule has 0 bridgehead atoms. The summed E-state index contributed by atoms with van der Waals surface area (Å²) in [6.45, 7) is 2.53. The molecule has 1 fully saturated rings. The molecule has 104 valence electrons. The molecule has 0 radical (unpaired) electrons. The van der Waals surface area contributed by atoms with Crippen molar-refractivity contribution in [2.24, 2.45) is 5.92 Å². The Kier molecular flexibility index (Phi) is 4.97. The Labute approximate surface area is 114 Å². The molecule has 0 aromatic heterocycles. The Bertz CT molecular complexity index is 403. The summed E-state index contributed by atoms with van der Waals surface area (Å²) in [5, 5.41) is 9.14. The Morgan fingerprint density at radius 3 is 2.37 bits per heavy atom. The number of carbonyl (C=O) groups excluding carboxylic acids is 1. The fraction of sp³-hybridized carbons (Fsp3) is 0.562. The van der Waals surface area contributed by atoms with Crippen molar-refractivity contribution in [2.75, 3.05) is 13.2 Å². The molecule has 0 atom stereocenters. The molecule has 0 saturated heterocycles. The van der Waals surface area contributed by atoms with Gasteiger partial charge in [0.25, 0.3) is 0 Å². The lowest BCUT2D eigenvalue weighted by atomic mass is 9.79. The zero-order valence-corrected chi connectivity index (χ0v) is 11.5. The first-order valence-corrected chi connectivity index (χ1v) is 7.12. The molecule has 3 heteroatoms. The van der Waals surface area contributed by atoms with Crippen LogP contribution in [0.1, 0.15) is 54.4 Å². The van der Waals surface area contributed by atoms with E-state index in [1.807, 2.05) is 31.2 Å². The highest BCUT2D eigenvalue weighted by Gasteiger charge is 2.21. The fourth-order valence-corrected chi connectivity index (χ4v) is 2.78. The van der Waals surface area contributed by atoms with Gasteiger partial charge in [-0.25, -0.2) is 4.79 Å². The summed E-state index contributed by atoms with van der Waals surface area (Å²) in [5.41, 5.74) is 1.92. The second-order valence-electron chi connectivity index (χ2n) is 5.24. The van der Waals surface area contributed by atoms with Gasteiger partial charge >= 0.3 is 5.97 Å². The van der Waals surface area contributed by atoms with Crippen LogP contribution in [0.15, 0.2) is 24.3 Å². The minimum atomic E-state index is -0.252. The third-order valence-electron chi connectivity index (χ3n) is 4.00. The number of hydrogen-bond donors (Lipinski definition) is 1. The van der Waals surface area contributed by atoms with Gasteiger partial charge < -0.3 is 9.84 Å². The average molecular weight is 262 g/mol. The molecule has 0 unspecified atom stereocenters. The molecular weight excluding hydrogens is 240 g/mol. The Hall–Kier alpha value is -1.35. The minimum Gasteiger partial charge on any atom is -0.462 e. The van der Waals surface area contributed by atoms with Crippen molar-refractivity contribution < 1.29 is 14.6 Å². The Balaban J connectivity index is 1.97. The first-order chi connectivity index (χ1) is 9.24. The largest absolute Gasteiger partial charge is 0.462 e. The summed E-state index contributed by atoms with van der Waals surface area (Å²) in [5.74, 6) is 0.798. The van der Waals surface area contributed by atoms with E-state index in [2.05, 4.69) is 0 Å². The maximum Gasteiger partial charge on any atom is 0.338 e. The quantitative estimate of drug-likeness (QED) is 0.848. The van der Waals surface area contributed by atoms with Crippen LogP contribution in [-0.4, -0.2) is 24.3 Å². The molecule has 1 aromatic carbocycles. The van der Waals surface area contributed by atoms with Crippen LogP contribution in [-0.2, 0) is 4.74 Å². The average Bonchev–Trinajstić information content (AvgIpc) is 2.48. The maximum absolute atomic E-state index is 11.6. The van der Waals surface area contributed by atoms with Gasteiger partial charge in [0.2, 0.25) is 0 Å². The molecule has 19 heavy (non-hydrogen) atoms. The fourth-order valence-electron chi connectivity index (χ4n) is 2.78. The van der Waals surface area contributed by atoms with Gasteiger partial charge in [-0.3, -0.25) is 0 Å². The zero-order valence-electron chi connectivity index (χ0n) is 11.5. The van der Waals surface area contributed by atoms with Crippen LogP contribution in [0.5, 0.6) is 0 Å².